The highest BCUT2D eigenvalue weighted by atomic mass is 35.5. The van der Waals surface area contributed by atoms with Crippen molar-refractivity contribution in [1.29, 1.82) is 0 Å². The maximum absolute atomic E-state index is 13.1. The Balaban J connectivity index is 1.42. The molecule has 22 heavy (non-hydrogen) atoms. The van der Waals surface area contributed by atoms with Crippen molar-refractivity contribution < 1.29 is 9.13 Å². The SMILES string of the molecule is Fc1ccc(C2CCC(CCNC3CCOC3)CC2)c(Cl)c1. The third-order valence-corrected chi connectivity index (χ3v) is 5.49. The third-order valence-electron chi connectivity index (χ3n) is 5.16. The first-order valence-electron chi connectivity index (χ1n) is 8.48. The van der Waals surface area contributed by atoms with Gasteiger partial charge < -0.3 is 10.1 Å². The molecule has 2 nitrogen and oxygen atoms in total. The van der Waals surface area contributed by atoms with Gasteiger partial charge in [0.05, 0.1) is 6.61 Å². The summed E-state index contributed by atoms with van der Waals surface area (Å²) in [6, 6.07) is 5.40. The van der Waals surface area contributed by atoms with Gasteiger partial charge in [0.25, 0.3) is 0 Å². The van der Waals surface area contributed by atoms with Crippen molar-refractivity contribution in [3.8, 4) is 0 Å². The summed E-state index contributed by atoms with van der Waals surface area (Å²) in [5.41, 5.74) is 1.13. The third kappa shape index (κ3) is 4.21. The molecule has 1 aliphatic heterocycles. The first kappa shape index (κ1) is 16.2. The van der Waals surface area contributed by atoms with Crippen molar-refractivity contribution in [3.05, 3.63) is 34.6 Å². The van der Waals surface area contributed by atoms with Crippen molar-refractivity contribution in [2.75, 3.05) is 19.8 Å². The molecule has 1 aromatic carbocycles. The Kier molecular flexibility index (Phi) is 5.72. The second kappa shape index (κ2) is 7.76. The molecule has 1 aromatic rings. The highest BCUT2D eigenvalue weighted by Gasteiger charge is 2.24. The molecule has 0 radical (unpaired) electrons. The van der Waals surface area contributed by atoms with E-state index in [0.29, 0.717) is 17.0 Å². The van der Waals surface area contributed by atoms with Crippen molar-refractivity contribution in [1.82, 2.24) is 5.32 Å². The van der Waals surface area contributed by atoms with E-state index in [0.717, 1.165) is 37.7 Å². The lowest BCUT2D eigenvalue weighted by molar-refractivity contribution is 0.189. The van der Waals surface area contributed by atoms with Gasteiger partial charge in [0, 0.05) is 17.7 Å². The maximum atomic E-state index is 13.1. The van der Waals surface area contributed by atoms with Crippen LogP contribution in [0.2, 0.25) is 5.02 Å². The number of halogens is 2. The lowest BCUT2D eigenvalue weighted by Crippen LogP contribution is -2.31. The van der Waals surface area contributed by atoms with Gasteiger partial charge in [-0.1, -0.05) is 17.7 Å². The predicted octanol–water partition coefficient (Wildman–Crippen LogP) is 4.52. The fourth-order valence-corrected chi connectivity index (χ4v) is 4.10. The minimum atomic E-state index is -0.246. The Labute approximate surface area is 137 Å². The van der Waals surface area contributed by atoms with Gasteiger partial charge in [-0.05, 0) is 74.6 Å². The van der Waals surface area contributed by atoms with Crippen LogP contribution in [0.4, 0.5) is 4.39 Å². The smallest absolute Gasteiger partial charge is 0.124 e. The normalized spacial score (nSPS) is 28.9. The zero-order chi connectivity index (χ0) is 15.4. The quantitative estimate of drug-likeness (QED) is 0.859. The summed E-state index contributed by atoms with van der Waals surface area (Å²) in [5, 5.41) is 4.19. The molecule has 0 spiro atoms. The molecule has 1 saturated carbocycles. The van der Waals surface area contributed by atoms with Crippen LogP contribution in [0.3, 0.4) is 0 Å². The summed E-state index contributed by atoms with van der Waals surface area (Å²) in [6.45, 7) is 2.87. The van der Waals surface area contributed by atoms with Crippen molar-refractivity contribution in [3.63, 3.8) is 0 Å². The molecule has 1 aliphatic carbocycles. The minimum Gasteiger partial charge on any atom is -0.380 e. The van der Waals surface area contributed by atoms with Crippen LogP contribution < -0.4 is 5.32 Å². The molecule has 1 atom stereocenters. The number of rotatable bonds is 5. The van der Waals surface area contributed by atoms with Crippen molar-refractivity contribution in [2.24, 2.45) is 5.92 Å². The average molecular weight is 326 g/mol. The van der Waals surface area contributed by atoms with Crippen LogP contribution in [0.1, 0.15) is 50.0 Å². The summed E-state index contributed by atoms with van der Waals surface area (Å²) in [5.74, 6) is 1.07. The molecule has 3 rings (SSSR count). The van der Waals surface area contributed by atoms with Crippen molar-refractivity contribution >= 4 is 11.6 Å². The number of ether oxygens (including phenoxy) is 1. The van der Waals surface area contributed by atoms with E-state index < -0.39 is 0 Å². The highest BCUT2D eigenvalue weighted by molar-refractivity contribution is 6.31. The minimum absolute atomic E-state index is 0.246. The van der Waals surface area contributed by atoms with Crippen molar-refractivity contribution in [2.45, 2.75) is 50.5 Å². The zero-order valence-corrected chi connectivity index (χ0v) is 13.7. The van der Waals surface area contributed by atoms with Gasteiger partial charge in [-0.25, -0.2) is 4.39 Å². The summed E-state index contributed by atoms with van der Waals surface area (Å²) in [6.07, 6.45) is 7.24. The van der Waals surface area contributed by atoms with Crippen LogP contribution in [0.5, 0.6) is 0 Å². The molecule has 2 fully saturated rings. The molecule has 1 saturated heterocycles. The van der Waals surface area contributed by atoms with Crippen LogP contribution in [0.25, 0.3) is 0 Å². The molecule has 0 amide bonds. The lowest BCUT2D eigenvalue weighted by Gasteiger charge is -2.29. The largest absolute Gasteiger partial charge is 0.380 e. The van der Waals surface area contributed by atoms with Gasteiger partial charge in [0.2, 0.25) is 0 Å². The molecule has 0 bridgehead atoms. The summed E-state index contributed by atoms with van der Waals surface area (Å²) in [4.78, 5) is 0. The van der Waals surface area contributed by atoms with Gasteiger partial charge in [-0.15, -0.1) is 0 Å². The van der Waals surface area contributed by atoms with Crippen LogP contribution >= 0.6 is 11.6 Å². The Morgan fingerprint density at radius 2 is 2.00 bits per heavy atom. The first-order chi connectivity index (χ1) is 10.7. The van der Waals surface area contributed by atoms with E-state index in [9.17, 15) is 4.39 Å². The van der Waals surface area contributed by atoms with Gasteiger partial charge in [0.15, 0.2) is 0 Å². The standard InChI is InChI=1S/C18H25ClFNO/c19-18-11-15(20)5-6-17(18)14-3-1-13(2-4-14)7-9-21-16-8-10-22-12-16/h5-6,11,13-14,16,21H,1-4,7-10,12H2. The van der Waals surface area contributed by atoms with E-state index in [2.05, 4.69) is 5.32 Å². The topological polar surface area (TPSA) is 21.3 Å². The van der Waals surface area contributed by atoms with E-state index >= 15 is 0 Å². The maximum Gasteiger partial charge on any atom is 0.124 e. The highest BCUT2D eigenvalue weighted by Crippen LogP contribution is 2.39. The number of hydrogen-bond donors (Lipinski definition) is 1. The van der Waals surface area contributed by atoms with Crippen LogP contribution in [-0.4, -0.2) is 25.8 Å². The Morgan fingerprint density at radius 3 is 2.68 bits per heavy atom. The molecule has 1 heterocycles. The number of benzene rings is 1. The Morgan fingerprint density at radius 1 is 1.18 bits per heavy atom. The fraction of sp³-hybridized carbons (Fsp3) is 0.667. The van der Waals surface area contributed by atoms with E-state index in [4.69, 9.17) is 16.3 Å². The van der Waals surface area contributed by atoms with E-state index in [1.807, 2.05) is 6.07 Å². The van der Waals surface area contributed by atoms with Gasteiger partial charge >= 0.3 is 0 Å². The number of hydrogen-bond acceptors (Lipinski definition) is 2. The van der Waals surface area contributed by atoms with E-state index in [1.54, 1.807) is 0 Å². The van der Waals surface area contributed by atoms with Crippen LogP contribution in [-0.2, 0) is 4.74 Å². The second-order valence-electron chi connectivity index (χ2n) is 6.69. The molecule has 1 N–H and O–H groups in total. The van der Waals surface area contributed by atoms with Gasteiger partial charge in [-0.2, -0.15) is 0 Å². The molecule has 1 unspecified atom stereocenters. The predicted molar refractivity (Wildman–Crippen MR) is 88.0 cm³/mol. The molecule has 2 aliphatic rings. The molecular weight excluding hydrogens is 301 g/mol. The summed E-state index contributed by atoms with van der Waals surface area (Å²) < 4.78 is 18.5. The Bertz CT molecular complexity index is 482. The van der Waals surface area contributed by atoms with E-state index in [-0.39, 0.29) is 5.82 Å². The molecule has 122 valence electrons. The molecular formula is C18H25ClFNO. The first-order valence-corrected chi connectivity index (χ1v) is 8.86. The van der Waals surface area contributed by atoms with E-state index in [1.165, 1.54) is 44.2 Å². The number of nitrogens with one attached hydrogen (secondary N) is 1. The summed E-state index contributed by atoms with van der Waals surface area (Å²) in [7, 11) is 0. The lowest BCUT2D eigenvalue weighted by atomic mass is 9.77. The van der Waals surface area contributed by atoms with Crippen LogP contribution in [0, 0.1) is 11.7 Å². The summed E-state index contributed by atoms with van der Waals surface area (Å²) >= 11 is 6.19. The zero-order valence-electron chi connectivity index (χ0n) is 13.0. The molecule has 0 aromatic heterocycles. The Hall–Kier alpha value is -0.640. The van der Waals surface area contributed by atoms with Gasteiger partial charge in [0.1, 0.15) is 5.82 Å². The van der Waals surface area contributed by atoms with Crippen LogP contribution in [0.15, 0.2) is 18.2 Å². The average Bonchev–Trinajstić information content (AvgIpc) is 3.02. The second-order valence-corrected chi connectivity index (χ2v) is 7.09. The molecule has 4 heteroatoms. The fourth-order valence-electron chi connectivity index (χ4n) is 3.78. The monoisotopic (exact) mass is 325 g/mol. The van der Waals surface area contributed by atoms with Gasteiger partial charge in [-0.3, -0.25) is 0 Å².